The average Bonchev–Trinajstić information content (AvgIpc) is 3.06. The van der Waals surface area contributed by atoms with Gasteiger partial charge in [-0.2, -0.15) is 0 Å². The molecule has 3 rings (SSSR count). The zero-order valence-electron chi connectivity index (χ0n) is 12.3. The maximum atomic E-state index is 12.4. The molecule has 0 atom stereocenters. The van der Waals surface area contributed by atoms with E-state index in [2.05, 4.69) is 4.98 Å². The van der Waals surface area contributed by atoms with Crippen molar-refractivity contribution in [2.75, 3.05) is 20.2 Å². The van der Waals surface area contributed by atoms with E-state index >= 15 is 0 Å². The number of Topliss-reactive ketones (excluding diaryl/α,β-unsaturated/α-hetero) is 1. The maximum absolute atomic E-state index is 12.4. The lowest BCUT2D eigenvalue weighted by Crippen LogP contribution is -2.25. The fourth-order valence-corrected chi connectivity index (χ4v) is 3.11. The van der Waals surface area contributed by atoms with Gasteiger partial charge in [-0.05, 0) is 37.7 Å². The predicted molar refractivity (Wildman–Crippen MR) is 83.2 cm³/mol. The Hall–Kier alpha value is -1.72. The number of thiazole rings is 1. The van der Waals surface area contributed by atoms with Crippen LogP contribution >= 0.6 is 11.3 Å². The third-order valence-corrected chi connectivity index (χ3v) is 4.35. The number of carbonyl (C=O) groups excluding carboxylic acids is 1. The van der Waals surface area contributed by atoms with Gasteiger partial charge < -0.3 is 4.74 Å². The summed E-state index contributed by atoms with van der Waals surface area (Å²) in [5.41, 5.74) is 2.93. The van der Waals surface area contributed by atoms with E-state index in [1.807, 2.05) is 42.5 Å². The van der Waals surface area contributed by atoms with Gasteiger partial charge in [0.2, 0.25) is 0 Å². The second kappa shape index (κ2) is 5.95. The second-order valence-corrected chi connectivity index (χ2v) is 6.44. The first-order chi connectivity index (χ1) is 10.1. The van der Waals surface area contributed by atoms with Crippen LogP contribution in [0.2, 0.25) is 0 Å². The molecule has 110 valence electrons. The van der Waals surface area contributed by atoms with Crippen LogP contribution in [0, 0.1) is 6.92 Å². The van der Waals surface area contributed by atoms with Crippen molar-refractivity contribution in [2.24, 2.45) is 0 Å². The van der Waals surface area contributed by atoms with E-state index in [-0.39, 0.29) is 5.78 Å². The molecule has 5 heteroatoms. The maximum Gasteiger partial charge on any atom is 0.176 e. The highest BCUT2D eigenvalue weighted by Crippen LogP contribution is 2.26. The van der Waals surface area contributed by atoms with Gasteiger partial charge >= 0.3 is 0 Å². The Morgan fingerprint density at radius 1 is 1.48 bits per heavy atom. The topological polar surface area (TPSA) is 42.4 Å². The molecular weight excluding hydrogens is 284 g/mol. The minimum Gasteiger partial charge on any atom is -0.493 e. The van der Waals surface area contributed by atoms with Crippen LogP contribution in [-0.4, -0.2) is 35.9 Å². The summed E-state index contributed by atoms with van der Waals surface area (Å²) < 4.78 is 5.47. The van der Waals surface area contributed by atoms with Gasteiger partial charge in [-0.15, -0.1) is 11.3 Å². The first-order valence-corrected chi connectivity index (χ1v) is 7.88. The number of nitrogens with zero attached hydrogens (tertiary/aromatic N) is 2. The van der Waals surface area contributed by atoms with Crippen LogP contribution in [0.4, 0.5) is 0 Å². The number of likely N-dealkylation sites (N-methyl/N-ethyl adjacent to an activating group) is 1. The molecular formula is C16H18N2O2S. The smallest absolute Gasteiger partial charge is 0.176 e. The molecule has 0 N–H and O–H groups in total. The fraction of sp³-hybridized carbons (Fsp3) is 0.375. The van der Waals surface area contributed by atoms with Crippen molar-refractivity contribution < 1.29 is 9.53 Å². The number of aromatic nitrogens is 1. The van der Waals surface area contributed by atoms with Gasteiger partial charge in [0.15, 0.2) is 5.78 Å². The summed E-state index contributed by atoms with van der Waals surface area (Å²) in [6.07, 6.45) is 0.893. The summed E-state index contributed by atoms with van der Waals surface area (Å²) in [6, 6.07) is 5.72. The van der Waals surface area contributed by atoms with E-state index < -0.39 is 0 Å². The van der Waals surface area contributed by atoms with Gasteiger partial charge in [0.05, 0.1) is 23.9 Å². The molecule has 21 heavy (non-hydrogen) atoms. The predicted octanol–water partition coefficient (Wildman–Crippen LogP) is 2.70. The van der Waals surface area contributed by atoms with E-state index in [0.717, 1.165) is 40.6 Å². The van der Waals surface area contributed by atoms with E-state index in [9.17, 15) is 4.79 Å². The SMILES string of the molecule is Cc1nc(CN(C)CC(=O)c2ccc3c(c2)CCO3)cs1. The molecule has 0 unspecified atom stereocenters. The lowest BCUT2D eigenvalue weighted by molar-refractivity contribution is 0.0942. The molecule has 0 fully saturated rings. The minimum absolute atomic E-state index is 0.138. The highest BCUT2D eigenvalue weighted by Gasteiger charge is 2.16. The van der Waals surface area contributed by atoms with Crippen LogP contribution in [0.15, 0.2) is 23.6 Å². The third-order valence-electron chi connectivity index (χ3n) is 3.52. The van der Waals surface area contributed by atoms with Gasteiger partial charge in [0, 0.05) is 23.9 Å². The number of carbonyl (C=O) groups is 1. The van der Waals surface area contributed by atoms with Crippen molar-refractivity contribution >= 4 is 17.1 Å². The highest BCUT2D eigenvalue weighted by molar-refractivity contribution is 7.09. The standard InChI is InChI=1S/C16H18N2O2S/c1-11-17-14(10-21-11)8-18(2)9-15(19)12-3-4-16-13(7-12)5-6-20-16/h3-4,7,10H,5-6,8-9H2,1-2H3. The lowest BCUT2D eigenvalue weighted by Gasteiger charge is -2.14. The molecule has 0 amide bonds. The van der Waals surface area contributed by atoms with Crippen LogP contribution in [0.25, 0.3) is 0 Å². The average molecular weight is 302 g/mol. The summed E-state index contributed by atoms with van der Waals surface area (Å²) in [5, 5.41) is 3.10. The zero-order chi connectivity index (χ0) is 14.8. The number of benzene rings is 1. The van der Waals surface area contributed by atoms with Crippen LogP contribution in [0.3, 0.4) is 0 Å². The Morgan fingerprint density at radius 2 is 2.33 bits per heavy atom. The number of ether oxygens (including phenoxy) is 1. The van der Waals surface area contributed by atoms with Gasteiger partial charge in [0.25, 0.3) is 0 Å². The van der Waals surface area contributed by atoms with Gasteiger partial charge in [-0.25, -0.2) is 4.98 Å². The highest BCUT2D eigenvalue weighted by atomic mass is 32.1. The summed E-state index contributed by atoms with van der Waals surface area (Å²) >= 11 is 1.64. The summed E-state index contributed by atoms with van der Waals surface area (Å²) in [5.74, 6) is 1.05. The molecule has 0 spiro atoms. The number of fused-ring (bicyclic) bond motifs is 1. The molecule has 2 aromatic rings. The van der Waals surface area contributed by atoms with Crippen molar-refractivity contribution in [2.45, 2.75) is 19.9 Å². The van der Waals surface area contributed by atoms with Crippen LogP contribution in [0.1, 0.15) is 26.6 Å². The lowest BCUT2D eigenvalue weighted by atomic mass is 10.1. The van der Waals surface area contributed by atoms with E-state index in [4.69, 9.17) is 4.74 Å². The first kappa shape index (κ1) is 14.2. The Balaban J connectivity index is 1.63. The molecule has 4 nitrogen and oxygen atoms in total. The van der Waals surface area contributed by atoms with Crippen molar-refractivity contribution in [3.05, 3.63) is 45.4 Å². The van der Waals surface area contributed by atoms with Gasteiger partial charge in [-0.1, -0.05) is 0 Å². The summed E-state index contributed by atoms with van der Waals surface area (Å²) in [4.78, 5) is 18.8. The molecule has 1 aliphatic heterocycles. The van der Waals surface area contributed by atoms with E-state index in [1.54, 1.807) is 11.3 Å². The van der Waals surface area contributed by atoms with Crippen LogP contribution < -0.4 is 4.74 Å². The summed E-state index contributed by atoms with van der Waals surface area (Å²) in [7, 11) is 1.95. The number of aryl methyl sites for hydroxylation is 1. The molecule has 0 bridgehead atoms. The van der Waals surface area contributed by atoms with Crippen LogP contribution in [-0.2, 0) is 13.0 Å². The van der Waals surface area contributed by atoms with Crippen molar-refractivity contribution in [3.63, 3.8) is 0 Å². The molecule has 2 heterocycles. The number of hydrogen-bond acceptors (Lipinski definition) is 5. The number of rotatable bonds is 5. The van der Waals surface area contributed by atoms with Crippen LogP contribution in [0.5, 0.6) is 5.75 Å². The molecule has 1 aliphatic rings. The Morgan fingerprint density at radius 3 is 3.10 bits per heavy atom. The molecule has 0 radical (unpaired) electrons. The fourth-order valence-electron chi connectivity index (χ4n) is 2.51. The minimum atomic E-state index is 0.138. The Kier molecular flexibility index (Phi) is 4.03. The van der Waals surface area contributed by atoms with Crippen molar-refractivity contribution in [1.29, 1.82) is 0 Å². The Bertz CT molecular complexity index is 666. The summed E-state index contributed by atoms with van der Waals surface area (Å²) in [6.45, 7) is 3.81. The molecule has 0 aliphatic carbocycles. The van der Waals surface area contributed by atoms with E-state index in [1.165, 1.54) is 0 Å². The molecule has 0 saturated carbocycles. The van der Waals surface area contributed by atoms with Gasteiger partial charge in [-0.3, -0.25) is 9.69 Å². The van der Waals surface area contributed by atoms with Crippen molar-refractivity contribution in [1.82, 2.24) is 9.88 Å². The Labute approximate surface area is 128 Å². The molecule has 1 aromatic carbocycles. The van der Waals surface area contributed by atoms with Gasteiger partial charge in [0.1, 0.15) is 5.75 Å². The first-order valence-electron chi connectivity index (χ1n) is 7.00. The third kappa shape index (κ3) is 3.31. The second-order valence-electron chi connectivity index (χ2n) is 5.37. The quantitative estimate of drug-likeness (QED) is 0.797. The monoisotopic (exact) mass is 302 g/mol. The van der Waals surface area contributed by atoms with Crippen molar-refractivity contribution in [3.8, 4) is 5.75 Å². The number of ketones is 1. The zero-order valence-corrected chi connectivity index (χ0v) is 13.1. The largest absolute Gasteiger partial charge is 0.493 e. The molecule has 1 aromatic heterocycles. The normalized spacial score (nSPS) is 13.3. The number of hydrogen-bond donors (Lipinski definition) is 0. The molecule has 0 saturated heterocycles. The van der Waals surface area contributed by atoms with E-state index in [0.29, 0.717) is 13.1 Å².